The van der Waals surface area contributed by atoms with E-state index in [1.165, 1.54) is 5.56 Å². The fraction of sp³-hybridized carbons (Fsp3) is 0.389. The molecule has 1 saturated heterocycles. The number of benzene rings is 1. The van der Waals surface area contributed by atoms with Gasteiger partial charge in [-0.3, -0.25) is 14.3 Å². The Hall–Kier alpha value is -2.83. The minimum Gasteiger partial charge on any atom is -0.482 e. The van der Waals surface area contributed by atoms with Crippen LogP contribution in [0.1, 0.15) is 34.7 Å². The molecule has 0 atom stereocenters. The van der Waals surface area contributed by atoms with Gasteiger partial charge in [-0.2, -0.15) is 5.10 Å². The molecule has 1 aromatic carbocycles. The van der Waals surface area contributed by atoms with Crippen LogP contribution in [0.25, 0.3) is 0 Å². The van der Waals surface area contributed by atoms with E-state index in [4.69, 9.17) is 4.74 Å². The van der Waals surface area contributed by atoms with Crippen molar-refractivity contribution in [3.63, 3.8) is 0 Å². The van der Waals surface area contributed by atoms with Crippen LogP contribution in [0.4, 0.5) is 5.69 Å². The molecule has 130 valence electrons. The van der Waals surface area contributed by atoms with E-state index in [-0.39, 0.29) is 18.4 Å². The number of hydrogen-bond donors (Lipinski definition) is 1. The molecule has 1 aromatic heterocycles. The maximum Gasteiger partial charge on any atom is 0.262 e. The first-order chi connectivity index (χ1) is 12.1. The van der Waals surface area contributed by atoms with Crippen LogP contribution in [0.3, 0.4) is 0 Å². The smallest absolute Gasteiger partial charge is 0.262 e. The number of carbonyl (C=O) groups excluding carboxylic acids is 2. The maximum atomic E-state index is 12.9. The fourth-order valence-electron chi connectivity index (χ4n) is 3.51. The Morgan fingerprint density at radius 1 is 1.32 bits per heavy atom. The molecular formula is C18H20N4O3. The molecule has 0 aliphatic carbocycles. The fourth-order valence-corrected chi connectivity index (χ4v) is 3.51. The molecule has 7 heteroatoms. The van der Waals surface area contributed by atoms with Crippen molar-refractivity contribution in [2.45, 2.75) is 18.8 Å². The number of aryl methyl sites for hydroxylation is 1. The largest absolute Gasteiger partial charge is 0.482 e. The van der Waals surface area contributed by atoms with Gasteiger partial charge in [0.2, 0.25) is 0 Å². The van der Waals surface area contributed by atoms with Crippen LogP contribution in [-0.4, -0.2) is 46.2 Å². The molecule has 1 N–H and O–H groups in total. The van der Waals surface area contributed by atoms with E-state index in [2.05, 4.69) is 10.4 Å². The second-order valence-electron chi connectivity index (χ2n) is 6.53. The summed E-state index contributed by atoms with van der Waals surface area (Å²) < 4.78 is 7.21. The maximum absolute atomic E-state index is 12.9. The zero-order chi connectivity index (χ0) is 17.4. The highest BCUT2D eigenvalue weighted by Gasteiger charge is 2.29. The first-order valence-electron chi connectivity index (χ1n) is 8.45. The van der Waals surface area contributed by atoms with E-state index in [9.17, 15) is 9.59 Å². The average molecular weight is 340 g/mol. The highest BCUT2D eigenvalue weighted by atomic mass is 16.5. The Kier molecular flexibility index (Phi) is 3.91. The number of rotatable bonds is 2. The predicted octanol–water partition coefficient (Wildman–Crippen LogP) is 1.77. The highest BCUT2D eigenvalue weighted by Crippen LogP contribution is 2.33. The molecule has 2 aliphatic rings. The van der Waals surface area contributed by atoms with Crippen LogP contribution in [0.15, 0.2) is 30.6 Å². The van der Waals surface area contributed by atoms with E-state index in [1.54, 1.807) is 18.2 Å². The van der Waals surface area contributed by atoms with E-state index in [1.807, 2.05) is 29.0 Å². The van der Waals surface area contributed by atoms with Gasteiger partial charge in [0.1, 0.15) is 5.75 Å². The lowest BCUT2D eigenvalue weighted by atomic mass is 9.91. The number of hydrogen-bond acceptors (Lipinski definition) is 4. The van der Waals surface area contributed by atoms with Gasteiger partial charge in [0.05, 0.1) is 17.4 Å². The number of carbonyl (C=O) groups is 2. The van der Waals surface area contributed by atoms with Gasteiger partial charge >= 0.3 is 0 Å². The number of para-hydroxylation sites is 1. The lowest BCUT2D eigenvalue weighted by Crippen LogP contribution is -2.38. The van der Waals surface area contributed by atoms with E-state index in [0.717, 1.165) is 12.8 Å². The van der Waals surface area contributed by atoms with Crippen LogP contribution in [0.2, 0.25) is 0 Å². The molecule has 3 heterocycles. The summed E-state index contributed by atoms with van der Waals surface area (Å²) >= 11 is 0. The molecule has 25 heavy (non-hydrogen) atoms. The Labute approximate surface area is 145 Å². The van der Waals surface area contributed by atoms with Gasteiger partial charge in [0.25, 0.3) is 11.8 Å². The molecular weight excluding hydrogens is 320 g/mol. The lowest BCUT2D eigenvalue weighted by molar-refractivity contribution is -0.118. The first-order valence-corrected chi connectivity index (χ1v) is 8.45. The number of nitrogens with one attached hydrogen (secondary N) is 1. The molecule has 2 amide bonds. The molecule has 2 aromatic rings. The van der Waals surface area contributed by atoms with Crippen molar-refractivity contribution in [2.75, 3.05) is 25.0 Å². The van der Waals surface area contributed by atoms with Crippen molar-refractivity contribution < 1.29 is 14.3 Å². The number of aromatic nitrogens is 2. The molecule has 0 saturated carbocycles. The number of nitrogens with zero attached hydrogens (tertiary/aromatic N) is 3. The lowest BCUT2D eigenvalue weighted by Gasteiger charge is -2.32. The zero-order valence-electron chi connectivity index (χ0n) is 14.1. The van der Waals surface area contributed by atoms with Gasteiger partial charge in [-0.1, -0.05) is 6.07 Å². The van der Waals surface area contributed by atoms with Crippen molar-refractivity contribution >= 4 is 17.5 Å². The van der Waals surface area contributed by atoms with Crippen molar-refractivity contribution in [3.8, 4) is 5.75 Å². The van der Waals surface area contributed by atoms with Gasteiger partial charge in [0, 0.05) is 26.3 Å². The standard InChI is InChI=1S/C18H20N4O3/c1-21-10-13(9-19-21)12-5-7-22(8-6-12)18(24)14-3-2-4-15-17(14)20-16(23)11-25-15/h2-4,9-10,12H,5-8,11H2,1H3,(H,20,23). The Balaban J connectivity index is 1.49. The molecule has 0 bridgehead atoms. The highest BCUT2D eigenvalue weighted by molar-refractivity contribution is 6.06. The quantitative estimate of drug-likeness (QED) is 0.904. The van der Waals surface area contributed by atoms with Crippen LogP contribution in [-0.2, 0) is 11.8 Å². The van der Waals surface area contributed by atoms with Crippen LogP contribution < -0.4 is 10.1 Å². The Bertz CT molecular complexity index is 821. The van der Waals surface area contributed by atoms with Crippen molar-refractivity contribution in [1.29, 1.82) is 0 Å². The van der Waals surface area contributed by atoms with Crippen LogP contribution in [0, 0.1) is 0 Å². The van der Waals surface area contributed by atoms with Gasteiger partial charge in [-0.05, 0) is 36.5 Å². The predicted molar refractivity (Wildman–Crippen MR) is 91.7 cm³/mol. The summed E-state index contributed by atoms with van der Waals surface area (Å²) in [5.74, 6) is 0.691. The second kappa shape index (κ2) is 6.23. The molecule has 0 unspecified atom stereocenters. The summed E-state index contributed by atoms with van der Waals surface area (Å²) in [6, 6.07) is 5.29. The minimum atomic E-state index is -0.233. The van der Waals surface area contributed by atoms with Crippen molar-refractivity contribution in [1.82, 2.24) is 14.7 Å². The third-order valence-electron chi connectivity index (χ3n) is 4.86. The Morgan fingerprint density at radius 3 is 2.84 bits per heavy atom. The number of piperidine rings is 1. The summed E-state index contributed by atoms with van der Waals surface area (Å²) in [5.41, 5.74) is 2.20. The monoisotopic (exact) mass is 340 g/mol. The van der Waals surface area contributed by atoms with Gasteiger partial charge in [-0.15, -0.1) is 0 Å². The molecule has 0 spiro atoms. The molecule has 0 radical (unpaired) electrons. The number of ether oxygens (including phenoxy) is 1. The summed E-state index contributed by atoms with van der Waals surface area (Å²) in [6.07, 6.45) is 5.77. The number of fused-ring (bicyclic) bond motifs is 1. The normalized spacial score (nSPS) is 17.6. The Morgan fingerprint density at radius 2 is 2.12 bits per heavy atom. The van der Waals surface area contributed by atoms with Gasteiger partial charge in [0.15, 0.2) is 6.61 Å². The van der Waals surface area contributed by atoms with Gasteiger partial charge in [-0.25, -0.2) is 0 Å². The second-order valence-corrected chi connectivity index (χ2v) is 6.53. The first kappa shape index (κ1) is 15.7. The summed E-state index contributed by atoms with van der Waals surface area (Å²) in [7, 11) is 1.91. The van der Waals surface area contributed by atoms with Crippen LogP contribution >= 0.6 is 0 Å². The zero-order valence-corrected chi connectivity index (χ0v) is 14.1. The summed E-state index contributed by atoms with van der Waals surface area (Å²) in [6.45, 7) is 1.37. The molecule has 1 fully saturated rings. The molecule has 4 rings (SSSR count). The van der Waals surface area contributed by atoms with E-state index >= 15 is 0 Å². The topological polar surface area (TPSA) is 76.5 Å². The third kappa shape index (κ3) is 2.97. The molecule has 7 nitrogen and oxygen atoms in total. The van der Waals surface area contributed by atoms with Crippen molar-refractivity contribution in [3.05, 3.63) is 41.7 Å². The number of amides is 2. The van der Waals surface area contributed by atoms with E-state index < -0.39 is 0 Å². The van der Waals surface area contributed by atoms with Gasteiger partial charge < -0.3 is 15.0 Å². The number of likely N-dealkylation sites (tertiary alicyclic amines) is 1. The van der Waals surface area contributed by atoms with Crippen molar-refractivity contribution in [2.24, 2.45) is 7.05 Å². The average Bonchev–Trinajstić information content (AvgIpc) is 3.07. The van der Waals surface area contributed by atoms with Crippen LogP contribution in [0.5, 0.6) is 5.75 Å². The summed E-state index contributed by atoms with van der Waals surface area (Å²) in [5, 5.41) is 6.99. The van der Waals surface area contributed by atoms with E-state index in [0.29, 0.717) is 36.0 Å². The summed E-state index contributed by atoms with van der Waals surface area (Å²) in [4.78, 5) is 26.4. The minimum absolute atomic E-state index is 0.0127. The molecule has 2 aliphatic heterocycles. The third-order valence-corrected chi connectivity index (χ3v) is 4.86. The SMILES string of the molecule is Cn1cc(C2CCN(C(=O)c3cccc4c3NC(=O)CO4)CC2)cn1. The number of anilines is 1.